The molecule has 0 aliphatic carbocycles. The Labute approximate surface area is 218 Å². The molecule has 0 amide bonds. The Balaban J connectivity index is 1.30. The highest BCUT2D eigenvalue weighted by Gasteiger charge is 2.21. The monoisotopic (exact) mass is 593 g/mol. The number of aliphatic hydroxyl groups excluding tert-OH is 1. The lowest BCUT2D eigenvalue weighted by atomic mass is 10.2. The number of piperazine rings is 1. The highest BCUT2D eigenvalue weighted by atomic mass is 79.9. The minimum absolute atomic E-state index is 0.0928. The number of benzene rings is 2. The number of ether oxygens (including phenoxy) is 1. The number of carbonyl (C=O) groups is 1. The second-order valence-electron chi connectivity index (χ2n) is 8.99. The molecule has 1 aliphatic rings. The van der Waals surface area contributed by atoms with Crippen molar-refractivity contribution < 1.29 is 14.6 Å². The van der Waals surface area contributed by atoms with Crippen molar-refractivity contribution in [3.8, 4) is 0 Å². The molecule has 184 valence electrons. The van der Waals surface area contributed by atoms with Gasteiger partial charge in [0, 0.05) is 69.9 Å². The number of esters is 1. The van der Waals surface area contributed by atoms with Gasteiger partial charge in [-0.15, -0.1) is 0 Å². The average molecular weight is 595 g/mol. The lowest BCUT2D eigenvalue weighted by Crippen LogP contribution is -2.49. The standard InChI is InChI=1S/C26H33Br2N3O3/c1-2-34-26(33)5-3-4-10-29-11-13-30(14-12-29)17-21(32)18-31-24-8-6-19(27)15-22(24)23-16-20(28)7-9-25(23)31/h6-9,15-16,21,32H,2-5,10-14,17-18H2,1H3/t21-/m1/s1. The van der Waals surface area contributed by atoms with Gasteiger partial charge in [0.05, 0.1) is 19.3 Å². The molecule has 4 rings (SSSR count). The summed E-state index contributed by atoms with van der Waals surface area (Å²) >= 11 is 7.20. The van der Waals surface area contributed by atoms with Crippen LogP contribution in [0.1, 0.15) is 26.2 Å². The predicted octanol–water partition coefficient (Wildman–Crippen LogP) is 5.03. The molecule has 0 spiro atoms. The Morgan fingerprint density at radius 1 is 0.941 bits per heavy atom. The summed E-state index contributed by atoms with van der Waals surface area (Å²) in [6.45, 7) is 8.48. The molecule has 2 aromatic carbocycles. The van der Waals surface area contributed by atoms with Crippen molar-refractivity contribution in [3.05, 3.63) is 45.3 Å². The molecule has 1 aliphatic heterocycles. The molecule has 34 heavy (non-hydrogen) atoms. The number of fused-ring (bicyclic) bond motifs is 3. The van der Waals surface area contributed by atoms with Crippen LogP contribution in [0.15, 0.2) is 45.3 Å². The third kappa shape index (κ3) is 6.40. The van der Waals surface area contributed by atoms with Crippen molar-refractivity contribution >= 4 is 59.6 Å². The van der Waals surface area contributed by atoms with Crippen LogP contribution in [0, 0.1) is 0 Å². The number of aliphatic hydroxyl groups is 1. The summed E-state index contributed by atoms with van der Waals surface area (Å²) in [6.07, 6.45) is 1.96. The smallest absolute Gasteiger partial charge is 0.305 e. The first-order valence-electron chi connectivity index (χ1n) is 12.1. The average Bonchev–Trinajstić information content (AvgIpc) is 3.10. The van der Waals surface area contributed by atoms with Crippen LogP contribution in [0.5, 0.6) is 0 Å². The van der Waals surface area contributed by atoms with Crippen LogP contribution in [0.3, 0.4) is 0 Å². The van der Waals surface area contributed by atoms with Gasteiger partial charge in [-0.1, -0.05) is 31.9 Å². The fraction of sp³-hybridized carbons (Fsp3) is 0.500. The summed E-state index contributed by atoms with van der Waals surface area (Å²) in [7, 11) is 0. The fourth-order valence-corrected chi connectivity index (χ4v) is 5.57. The molecule has 1 fully saturated rings. The van der Waals surface area contributed by atoms with Gasteiger partial charge in [-0.25, -0.2) is 0 Å². The summed E-state index contributed by atoms with van der Waals surface area (Å²) in [5.41, 5.74) is 2.28. The maximum atomic E-state index is 11.5. The number of hydrogen-bond donors (Lipinski definition) is 1. The topological polar surface area (TPSA) is 57.9 Å². The molecular formula is C26H33Br2N3O3. The number of hydrogen-bond acceptors (Lipinski definition) is 5. The molecule has 1 aromatic heterocycles. The Bertz CT molecular complexity index is 1070. The molecule has 0 bridgehead atoms. The Morgan fingerprint density at radius 2 is 1.53 bits per heavy atom. The third-order valence-electron chi connectivity index (χ3n) is 6.53. The Morgan fingerprint density at radius 3 is 2.12 bits per heavy atom. The normalized spacial score (nSPS) is 16.4. The van der Waals surface area contributed by atoms with Gasteiger partial charge in [0.2, 0.25) is 0 Å². The molecule has 6 nitrogen and oxygen atoms in total. The second kappa shape index (κ2) is 12.0. The first-order valence-corrected chi connectivity index (χ1v) is 13.7. The maximum absolute atomic E-state index is 11.5. The lowest BCUT2D eigenvalue weighted by Gasteiger charge is -2.35. The van der Waals surface area contributed by atoms with E-state index in [1.165, 1.54) is 10.8 Å². The van der Waals surface area contributed by atoms with Gasteiger partial charge in [0.25, 0.3) is 0 Å². The van der Waals surface area contributed by atoms with Crippen LogP contribution >= 0.6 is 31.9 Å². The molecule has 3 aromatic rings. The number of aromatic nitrogens is 1. The Hall–Kier alpha value is -1.45. The van der Waals surface area contributed by atoms with Crippen LogP contribution in [0.2, 0.25) is 0 Å². The van der Waals surface area contributed by atoms with Crippen LogP contribution in [-0.2, 0) is 16.1 Å². The van der Waals surface area contributed by atoms with E-state index in [4.69, 9.17) is 4.74 Å². The van der Waals surface area contributed by atoms with E-state index in [0.717, 1.165) is 65.5 Å². The highest BCUT2D eigenvalue weighted by molar-refractivity contribution is 9.10. The van der Waals surface area contributed by atoms with Gasteiger partial charge >= 0.3 is 5.97 Å². The maximum Gasteiger partial charge on any atom is 0.305 e. The molecular weight excluding hydrogens is 562 g/mol. The van der Waals surface area contributed by atoms with Gasteiger partial charge in [-0.3, -0.25) is 9.69 Å². The van der Waals surface area contributed by atoms with Gasteiger partial charge < -0.3 is 19.3 Å². The lowest BCUT2D eigenvalue weighted by molar-refractivity contribution is -0.143. The van der Waals surface area contributed by atoms with Gasteiger partial charge in [0.1, 0.15) is 0 Å². The first-order chi connectivity index (χ1) is 16.4. The summed E-state index contributed by atoms with van der Waals surface area (Å²) in [5, 5.41) is 13.4. The van der Waals surface area contributed by atoms with E-state index >= 15 is 0 Å². The van der Waals surface area contributed by atoms with Crippen LogP contribution < -0.4 is 0 Å². The number of halogens is 2. The van der Waals surface area contributed by atoms with Crippen molar-refractivity contribution in [2.45, 2.75) is 38.8 Å². The zero-order chi connectivity index (χ0) is 24.1. The second-order valence-corrected chi connectivity index (χ2v) is 10.8. The molecule has 2 heterocycles. The van der Waals surface area contributed by atoms with Gasteiger partial charge in [-0.2, -0.15) is 0 Å². The van der Waals surface area contributed by atoms with E-state index in [9.17, 15) is 9.90 Å². The van der Waals surface area contributed by atoms with E-state index in [1.807, 2.05) is 6.92 Å². The predicted molar refractivity (Wildman–Crippen MR) is 144 cm³/mol. The summed E-state index contributed by atoms with van der Waals surface area (Å²) < 4.78 is 9.34. The van der Waals surface area contributed by atoms with Gasteiger partial charge in [0.15, 0.2) is 0 Å². The molecule has 1 saturated heterocycles. The van der Waals surface area contributed by atoms with Crippen molar-refractivity contribution in [2.75, 3.05) is 45.9 Å². The van der Waals surface area contributed by atoms with E-state index in [0.29, 0.717) is 26.1 Å². The number of unbranched alkanes of at least 4 members (excludes halogenated alkanes) is 1. The van der Waals surface area contributed by atoms with Crippen LogP contribution in [0.25, 0.3) is 21.8 Å². The minimum Gasteiger partial charge on any atom is -0.466 e. The van der Waals surface area contributed by atoms with Crippen molar-refractivity contribution in [3.63, 3.8) is 0 Å². The number of rotatable bonds is 10. The Kier molecular flexibility index (Phi) is 9.04. The minimum atomic E-state index is -0.442. The van der Waals surface area contributed by atoms with Crippen molar-refractivity contribution in [1.29, 1.82) is 0 Å². The van der Waals surface area contributed by atoms with Crippen LogP contribution in [0.4, 0.5) is 0 Å². The summed E-state index contributed by atoms with van der Waals surface area (Å²) in [4.78, 5) is 16.3. The molecule has 8 heteroatoms. The molecule has 1 atom stereocenters. The van der Waals surface area contributed by atoms with E-state index in [-0.39, 0.29) is 5.97 Å². The fourth-order valence-electron chi connectivity index (χ4n) is 4.85. The largest absolute Gasteiger partial charge is 0.466 e. The van der Waals surface area contributed by atoms with Crippen LogP contribution in [-0.4, -0.2) is 77.4 Å². The molecule has 0 unspecified atom stereocenters. The van der Waals surface area contributed by atoms with E-state index in [2.05, 4.69) is 82.6 Å². The summed E-state index contributed by atoms with van der Waals surface area (Å²) in [6, 6.07) is 12.7. The SMILES string of the molecule is CCOC(=O)CCCCN1CCN(C[C@@H](O)Cn2c3ccc(Br)cc3c3cc(Br)ccc32)CC1. The zero-order valence-electron chi connectivity index (χ0n) is 19.7. The molecule has 1 N–H and O–H groups in total. The number of nitrogens with zero attached hydrogens (tertiary/aromatic N) is 3. The van der Waals surface area contributed by atoms with Crippen molar-refractivity contribution in [2.24, 2.45) is 0 Å². The van der Waals surface area contributed by atoms with Crippen molar-refractivity contribution in [1.82, 2.24) is 14.4 Å². The highest BCUT2D eigenvalue weighted by Crippen LogP contribution is 2.33. The van der Waals surface area contributed by atoms with E-state index in [1.54, 1.807) is 0 Å². The molecule has 0 saturated carbocycles. The zero-order valence-corrected chi connectivity index (χ0v) is 22.9. The number of carbonyl (C=O) groups excluding carboxylic acids is 1. The van der Waals surface area contributed by atoms with E-state index < -0.39 is 6.10 Å². The summed E-state index contributed by atoms with van der Waals surface area (Å²) in [5.74, 6) is -0.0928. The number of β-amino-alcohol motifs (C(OH)–C–C–N with tert-alkyl or cyclic N) is 1. The molecule has 0 radical (unpaired) electrons. The third-order valence-corrected chi connectivity index (χ3v) is 7.51. The first kappa shape index (κ1) is 25.6. The van der Waals surface area contributed by atoms with Gasteiger partial charge in [-0.05, 0) is 62.7 Å². The quantitative estimate of drug-likeness (QED) is 0.263.